The van der Waals surface area contributed by atoms with Crippen LogP contribution in [0.25, 0.3) is 0 Å². The van der Waals surface area contributed by atoms with E-state index in [1.807, 2.05) is 6.08 Å². The Kier molecular flexibility index (Phi) is 2.25. The van der Waals surface area contributed by atoms with Gasteiger partial charge in [-0.15, -0.1) is 0 Å². The molecule has 2 nitrogen and oxygen atoms in total. The summed E-state index contributed by atoms with van der Waals surface area (Å²) in [5, 5.41) is 8.23. The highest BCUT2D eigenvalue weighted by atomic mass is 17.1. The third kappa shape index (κ3) is 1.80. The molecule has 2 atom stereocenters. The van der Waals surface area contributed by atoms with Crippen LogP contribution in [0.15, 0.2) is 12.2 Å². The van der Waals surface area contributed by atoms with Gasteiger partial charge in [0.2, 0.25) is 0 Å². The Balaban J connectivity index is 2.38. The predicted molar refractivity (Wildman–Crippen MR) is 35.0 cm³/mol. The molecule has 0 aromatic carbocycles. The van der Waals surface area contributed by atoms with Gasteiger partial charge < -0.3 is 0 Å². The zero-order chi connectivity index (χ0) is 6.69. The molecule has 0 amide bonds. The summed E-state index contributed by atoms with van der Waals surface area (Å²) in [6.45, 7) is 2.16. The quantitative estimate of drug-likeness (QED) is 0.331. The highest BCUT2D eigenvalue weighted by Gasteiger charge is 2.11. The first kappa shape index (κ1) is 6.78. The molecule has 0 radical (unpaired) electrons. The SMILES string of the molecule is C[C@H]1C=CC(OO)CC1. The van der Waals surface area contributed by atoms with Crippen molar-refractivity contribution in [1.82, 2.24) is 0 Å². The van der Waals surface area contributed by atoms with Gasteiger partial charge in [-0.2, -0.15) is 0 Å². The molecule has 2 heteroatoms. The predicted octanol–water partition coefficient (Wildman–Crippen LogP) is 1.83. The van der Waals surface area contributed by atoms with Crippen LogP contribution in [0.4, 0.5) is 0 Å². The highest BCUT2D eigenvalue weighted by Crippen LogP contribution is 2.17. The molecule has 1 aliphatic rings. The van der Waals surface area contributed by atoms with E-state index >= 15 is 0 Å². The van der Waals surface area contributed by atoms with Crippen LogP contribution in [-0.4, -0.2) is 11.4 Å². The van der Waals surface area contributed by atoms with Crippen LogP contribution in [0, 0.1) is 5.92 Å². The highest BCUT2D eigenvalue weighted by molar-refractivity contribution is 4.97. The summed E-state index contributed by atoms with van der Waals surface area (Å²) < 4.78 is 0. The third-order valence-corrected chi connectivity index (χ3v) is 1.70. The Hall–Kier alpha value is -0.340. The van der Waals surface area contributed by atoms with Crippen molar-refractivity contribution in [3.05, 3.63) is 12.2 Å². The third-order valence-electron chi connectivity index (χ3n) is 1.70. The Labute approximate surface area is 55.1 Å². The van der Waals surface area contributed by atoms with E-state index in [4.69, 9.17) is 5.26 Å². The summed E-state index contributed by atoms with van der Waals surface area (Å²) >= 11 is 0. The second-order valence-electron chi connectivity index (χ2n) is 2.58. The van der Waals surface area contributed by atoms with Crippen LogP contribution in [0.5, 0.6) is 0 Å². The van der Waals surface area contributed by atoms with Gasteiger partial charge in [-0.05, 0) is 18.8 Å². The van der Waals surface area contributed by atoms with E-state index in [1.54, 1.807) is 0 Å². The summed E-state index contributed by atoms with van der Waals surface area (Å²) in [7, 11) is 0. The zero-order valence-electron chi connectivity index (χ0n) is 5.58. The average molecular weight is 128 g/mol. The lowest BCUT2D eigenvalue weighted by molar-refractivity contribution is -0.268. The summed E-state index contributed by atoms with van der Waals surface area (Å²) in [6.07, 6.45) is 5.98. The number of rotatable bonds is 1. The smallest absolute Gasteiger partial charge is 0.111 e. The van der Waals surface area contributed by atoms with Crippen molar-refractivity contribution >= 4 is 0 Å². The lowest BCUT2D eigenvalue weighted by Crippen LogP contribution is -2.13. The normalized spacial score (nSPS) is 34.9. The van der Waals surface area contributed by atoms with Crippen molar-refractivity contribution in [3.63, 3.8) is 0 Å². The Morgan fingerprint density at radius 2 is 2.22 bits per heavy atom. The lowest BCUT2D eigenvalue weighted by Gasteiger charge is -2.16. The van der Waals surface area contributed by atoms with E-state index in [-0.39, 0.29) is 6.10 Å². The van der Waals surface area contributed by atoms with Gasteiger partial charge in [-0.25, -0.2) is 4.89 Å². The van der Waals surface area contributed by atoms with Gasteiger partial charge in [0.15, 0.2) is 0 Å². The van der Waals surface area contributed by atoms with E-state index in [0.29, 0.717) is 5.92 Å². The first-order chi connectivity index (χ1) is 4.33. The molecule has 0 heterocycles. The van der Waals surface area contributed by atoms with E-state index < -0.39 is 0 Å². The van der Waals surface area contributed by atoms with Crippen LogP contribution in [0.1, 0.15) is 19.8 Å². The summed E-state index contributed by atoms with van der Waals surface area (Å²) in [5.74, 6) is 0.649. The fraction of sp³-hybridized carbons (Fsp3) is 0.714. The molecule has 1 N–H and O–H groups in total. The first-order valence-corrected chi connectivity index (χ1v) is 3.31. The average Bonchev–Trinajstić information content (AvgIpc) is 1.90. The Bertz CT molecular complexity index is 109. The minimum Gasteiger partial charge on any atom is -0.251 e. The molecular formula is C7H12O2. The first-order valence-electron chi connectivity index (χ1n) is 3.31. The number of allylic oxidation sites excluding steroid dienone is 1. The van der Waals surface area contributed by atoms with E-state index in [9.17, 15) is 0 Å². The second kappa shape index (κ2) is 2.99. The lowest BCUT2D eigenvalue weighted by atomic mass is 9.96. The second-order valence-corrected chi connectivity index (χ2v) is 2.58. The molecule has 0 saturated heterocycles. The summed E-state index contributed by atoms with van der Waals surface area (Å²) in [5.41, 5.74) is 0. The maximum Gasteiger partial charge on any atom is 0.111 e. The monoisotopic (exact) mass is 128 g/mol. The van der Waals surface area contributed by atoms with Gasteiger partial charge in [0.05, 0.1) is 0 Å². The molecule has 0 bridgehead atoms. The van der Waals surface area contributed by atoms with Crippen LogP contribution in [0.2, 0.25) is 0 Å². The van der Waals surface area contributed by atoms with Crippen molar-refractivity contribution in [2.75, 3.05) is 0 Å². The van der Waals surface area contributed by atoms with Crippen molar-refractivity contribution in [3.8, 4) is 0 Å². The zero-order valence-corrected chi connectivity index (χ0v) is 5.58. The largest absolute Gasteiger partial charge is 0.251 e. The molecule has 1 aliphatic carbocycles. The maximum absolute atomic E-state index is 8.23. The number of hydrogen-bond acceptors (Lipinski definition) is 2. The molecule has 0 saturated carbocycles. The molecular weight excluding hydrogens is 116 g/mol. The molecule has 0 fully saturated rings. The van der Waals surface area contributed by atoms with Gasteiger partial charge in [-0.1, -0.05) is 19.1 Å². The molecule has 1 unspecified atom stereocenters. The topological polar surface area (TPSA) is 29.5 Å². The fourth-order valence-corrected chi connectivity index (χ4v) is 1.02. The summed E-state index contributed by atoms with van der Waals surface area (Å²) in [6, 6.07) is 0. The van der Waals surface area contributed by atoms with Gasteiger partial charge in [0, 0.05) is 0 Å². The molecule has 52 valence electrons. The minimum atomic E-state index is -0.0544. The Morgan fingerprint density at radius 1 is 1.44 bits per heavy atom. The molecule has 0 spiro atoms. The van der Waals surface area contributed by atoms with Crippen LogP contribution < -0.4 is 0 Å². The van der Waals surface area contributed by atoms with Gasteiger partial charge in [-0.3, -0.25) is 5.26 Å². The molecule has 0 aromatic heterocycles. The van der Waals surface area contributed by atoms with E-state index in [0.717, 1.165) is 12.8 Å². The van der Waals surface area contributed by atoms with Crippen LogP contribution >= 0.6 is 0 Å². The van der Waals surface area contributed by atoms with Crippen LogP contribution in [-0.2, 0) is 4.89 Å². The van der Waals surface area contributed by atoms with Crippen molar-refractivity contribution in [2.24, 2.45) is 5.92 Å². The van der Waals surface area contributed by atoms with Gasteiger partial charge in [0.25, 0.3) is 0 Å². The van der Waals surface area contributed by atoms with Crippen molar-refractivity contribution in [1.29, 1.82) is 0 Å². The van der Waals surface area contributed by atoms with Gasteiger partial charge in [0.1, 0.15) is 6.10 Å². The molecule has 0 aromatic rings. The molecule has 9 heavy (non-hydrogen) atoms. The number of hydrogen-bond donors (Lipinski definition) is 1. The van der Waals surface area contributed by atoms with Crippen molar-refractivity contribution in [2.45, 2.75) is 25.9 Å². The minimum absolute atomic E-state index is 0.0544. The van der Waals surface area contributed by atoms with E-state index in [2.05, 4.69) is 17.9 Å². The Morgan fingerprint density at radius 3 is 2.67 bits per heavy atom. The molecule has 1 rings (SSSR count). The van der Waals surface area contributed by atoms with Gasteiger partial charge >= 0.3 is 0 Å². The molecule has 0 aliphatic heterocycles. The van der Waals surface area contributed by atoms with Crippen LogP contribution in [0.3, 0.4) is 0 Å². The fourth-order valence-electron chi connectivity index (χ4n) is 1.02. The maximum atomic E-state index is 8.23. The standard InChI is InChI=1S/C7H12O2/c1-6-2-4-7(9-8)5-3-6/h2,4,6-8H,3,5H2,1H3/t6-,7?/m0/s1. The summed E-state index contributed by atoms with van der Waals surface area (Å²) in [4.78, 5) is 4.15. The van der Waals surface area contributed by atoms with Crippen molar-refractivity contribution < 1.29 is 10.1 Å². The van der Waals surface area contributed by atoms with E-state index in [1.165, 1.54) is 0 Å².